The van der Waals surface area contributed by atoms with Crippen molar-refractivity contribution in [1.82, 2.24) is 4.90 Å². The molecule has 3 N–H and O–H groups in total. The molecule has 1 heterocycles. The second-order valence-electron chi connectivity index (χ2n) is 4.61. The van der Waals surface area contributed by atoms with E-state index < -0.39 is 6.04 Å². The number of aliphatic hydroxyl groups is 1. The fourth-order valence-electron chi connectivity index (χ4n) is 1.96. The number of carbonyl (C=O) groups excluding carboxylic acids is 2. The predicted molar refractivity (Wildman–Crippen MR) is 70.4 cm³/mol. The summed E-state index contributed by atoms with van der Waals surface area (Å²) in [5.74, 6) is -0.197. The molecule has 2 amide bonds. The Balaban J connectivity index is 2.18. The number of likely N-dealkylation sites (N-methyl/N-ethyl adjacent to an activating group) is 1. The van der Waals surface area contributed by atoms with Gasteiger partial charge in [-0.1, -0.05) is 12.1 Å². The lowest BCUT2D eigenvalue weighted by molar-refractivity contribution is -0.136. The third-order valence-corrected chi connectivity index (χ3v) is 3.22. The van der Waals surface area contributed by atoms with E-state index in [2.05, 4.69) is 0 Å². The highest BCUT2D eigenvalue weighted by molar-refractivity contribution is 6.04. The Morgan fingerprint density at radius 2 is 1.84 bits per heavy atom. The Morgan fingerprint density at radius 3 is 2.42 bits per heavy atom. The Labute approximate surface area is 111 Å². The quantitative estimate of drug-likeness (QED) is 0.768. The Bertz CT molecular complexity index is 486. The molecule has 0 bridgehead atoms. The van der Waals surface area contributed by atoms with E-state index in [0.717, 1.165) is 5.56 Å². The maximum atomic E-state index is 11.9. The van der Waals surface area contributed by atoms with Crippen molar-refractivity contribution in [1.29, 1.82) is 0 Å². The fraction of sp³-hybridized carbons (Fsp3) is 0.385. The van der Waals surface area contributed by atoms with E-state index in [1.54, 1.807) is 31.3 Å². The number of hydrogen-bond donors (Lipinski definition) is 2. The minimum atomic E-state index is -0.432. The topological polar surface area (TPSA) is 86.9 Å². The second kappa shape index (κ2) is 5.38. The molecule has 6 nitrogen and oxygen atoms in total. The van der Waals surface area contributed by atoms with Crippen molar-refractivity contribution < 1.29 is 14.7 Å². The molecule has 0 radical (unpaired) electrons. The van der Waals surface area contributed by atoms with Gasteiger partial charge in [-0.15, -0.1) is 0 Å². The summed E-state index contributed by atoms with van der Waals surface area (Å²) >= 11 is 0. The zero-order chi connectivity index (χ0) is 14.0. The van der Waals surface area contributed by atoms with E-state index in [-0.39, 0.29) is 31.5 Å². The van der Waals surface area contributed by atoms with Gasteiger partial charge in [0.2, 0.25) is 11.8 Å². The highest BCUT2D eigenvalue weighted by Crippen LogP contribution is 2.20. The average Bonchev–Trinajstić information content (AvgIpc) is 2.42. The summed E-state index contributed by atoms with van der Waals surface area (Å²) in [6.07, 6.45) is 0. The highest BCUT2D eigenvalue weighted by Gasteiger charge is 2.28. The number of nitrogens with two attached hydrogens (primary N) is 1. The van der Waals surface area contributed by atoms with Gasteiger partial charge in [-0.3, -0.25) is 9.59 Å². The van der Waals surface area contributed by atoms with Crippen LogP contribution in [0.3, 0.4) is 0 Å². The van der Waals surface area contributed by atoms with Gasteiger partial charge in [0, 0.05) is 12.7 Å². The van der Waals surface area contributed by atoms with Gasteiger partial charge in [0.05, 0.1) is 19.2 Å². The van der Waals surface area contributed by atoms with Crippen molar-refractivity contribution in [3.05, 3.63) is 29.8 Å². The minimum Gasteiger partial charge on any atom is -0.394 e. The normalized spacial score (nSPS) is 17.8. The lowest BCUT2D eigenvalue weighted by atomic mass is 10.1. The SMILES string of the molecule is CN1CC(=O)N(c2ccc(C(N)CO)cc2)CC1=O. The molecule has 0 aromatic heterocycles. The van der Waals surface area contributed by atoms with Crippen molar-refractivity contribution in [2.75, 3.05) is 31.6 Å². The van der Waals surface area contributed by atoms with Crippen LogP contribution in [0.2, 0.25) is 0 Å². The van der Waals surface area contributed by atoms with Crippen molar-refractivity contribution in [2.24, 2.45) is 5.73 Å². The molecule has 0 saturated carbocycles. The van der Waals surface area contributed by atoms with Crippen molar-refractivity contribution in [3.63, 3.8) is 0 Å². The summed E-state index contributed by atoms with van der Waals surface area (Å²) in [6, 6.07) is 6.56. The molecule has 1 fully saturated rings. The van der Waals surface area contributed by atoms with Gasteiger partial charge in [0.1, 0.15) is 6.54 Å². The molecular weight excluding hydrogens is 246 g/mol. The third-order valence-electron chi connectivity index (χ3n) is 3.22. The maximum Gasteiger partial charge on any atom is 0.247 e. The summed E-state index contributed by atoms with van der Waals surface area (Å²) in [5.41, 5.74) is 7.16. The van der Waals surface area contributed by atoms with Crippen LogP contribution in [0.1, 0.15) is 11.6 Å². The van der Waals surface area contributed by atoms with E-state index in [0.29, 0.717) is 5.69 Å². The molecule has 2 rings (SSSR count). The van der Waals surface area contributed by atoms with Crippen molar-refractivity contribution in [3.8, 4) is 0 Å². The van der Waals surface area contributed by atoms with Crippen LogP contribution in [-0.4, -0.2) is 48.6 Å². The van der Waals surface area contributed by atoms with Gasteiger partial charge in [-0.2, -0.15) is 0 Å². The molecule has 0 spiro atoms. The van der Waals surface area contributed by atoms with E-state index in [1.165, 1.54) is 9.80 Å². The third kappa shape index (κ3) is 2.74. The van der Waals surface area contributed by atoms with Crippen LogP contribution in [0.4, 0.5) is 5.69 Å². The summed E-state index contributed by atoms with van der Waals surface area (Å²) < 4.78 is 0. The standard InChI is InChI=1S/C13H17N3O3/c1-15-6-13(19)16(7-12(15)18)10-4-2-9(3-5-10)11(14)8-17/h2-5,11,17H,6-8,14H2,1H3. The fourth-order valence-corrected chi connectivity index (χ4v) is 1.96. The zero-order valence-electron chi connectivity index (χ0n) is 10.7. The number of hydrogen-bond acceptors (Lipinski definition) is 4. The average molecular weight is 263 g/mol. The first-order valence-corrected chi connectivity index (χ1v) is 6.03. The molecule has 1 aliphatic heterocycles. The van der Waals surface area contributed by atoms with Crippen LogP contribution in [0.25, 0.3) is 0 Å². The number of piperazine rings is 1. The highest BCUT2D eigenvalue weighted by atomic mass is 16.3. The number of benzene rings is 1. The molecule has 19 heavy (non-hydrogen) atoms. The van der Waals surface area contributed by atoms with E-state index >= 15 is 0 Å². The molecule has 1 aromatic carbocycles. The summed E-state index contributed by atoms with van der Waals surface area (Å²) in [7, 11) is 1.61. The molecule has 6 heteroatoms. The summed E-state index contributed by atoms with van der Waals surface area (Å²) in [4.78, 5) is 26.4. The van der Waals surface area contributed by atoms with Gasteiger partial charge < -0.3 is 20.6 Å². The molecule has 1 saturated heterocycles. The van der Waals surface area contributed by atoms with Gasteiger partial charge in [0.15, 0.2) is 0 Å². The van der Waals surface area contributed by atoms with Crippen LogP contribution in [0, 0.1) is 0 Å². The first kappa shape index (κ1) is 13.5. The summed E-state index contributed by atoms with van der Waals surface area (Å²) in [6.45, 7) is 0.0166. The summed E-state index contributed by atoms with van der Waals surface area (Å²) in [5, 5.41) is 8.97. The van der Waals surface area contributed by atoms with Crippen LogP contribution in [0.15, 0.2) is 24.3 Å². The number of nitrogens with zero attached hydrogens (tertiary/aromatic N) is 2. The predicted octanol–water partition coefficient (Wildman–Crippen LogP) is -0.516. The first-order chi connectivity index (χ1) is 9.02. The molecular formula is C13H17N3O3. The van der Waals surface area contributed by atoms with Crippen LogP contribution >= 0.6 is 0 Å². The second-order valence-corrected chi connectivity index (χ2v) is 4.61. The van der Waals surface area contributed by atoms with Crippen molar-refractivity contribution >= 4 is 17.5 Å². The van der Waals surface area contributed by atoms with Crippen LogP contribution in [-0.2, 0) is 9.59 Å². The van der Waals surface area contributed by atoms with E-state index in [9.17, 15) is 9.59 Å². The van der Waals surface area contributed by atoms with Gasteiger partial charge in [0.25, 0.3) is 0 Å². The molecule has 1 aliphatic rings. The number of amides is 2. The lowest BCUT2D eigenvalue weighted by Gasteiger charge is -2.31. The lowest BCUT2D eigenvalue weighted by Crippen LogP contribution is -2.52. The van der Waals surface area contributed by atoms with Crippen LogP contribution < -0.4 is 10.6 Å². The molecule has 1 atom stereocenters. The van der Waals surface area contributed by atoms with Gasteiger partial charge in [-0.25, -0.2) is 0 Å². The van der Waals surface area contributed by atoms with Gasteiger partial charge in [-0.05, 0) is 17.7 Å². The Morgan fingerprint density at radius 1 is 1.21 bits per heavy atom. The van der Waals surface area contributed by atoms with E-state index in [1.807, 2.05) is 0 Å². The largest absolute Gasteiger partial charge is 0.394 e. The Hall–Kier alpha value is -1.92. The smallest absolute Gasteiger partial charge is 0.247 e. The number of rotatable bonds is 3. The zero-order valence-corrected chi connectivity index (χ0v) is 10.7. The Kier molecular flexibility index (Phi) is 3.82. The number of aliphatic hydroxyl groups excluding tert-OH is 1. The molecule has 102 valence electrons. The van der Waals surface area contributed by atoms with Gasteiger partial charge >= 0.3 is 0 Å². The number of carbonyl (C=O) groups is 2. The molecule has 1 unspecified atom stereocenters. The first-order valence-electron chi connectivity index (χ1n) is 6.03. The minimum absolute atomic E-state index is 0.0563. The van der Waals surface area contributed by atoms with Crippen LogP contribution in [0.5, 0.6) is 0 Å². The maximum absolute atomic E-state index is 11.9. The molecule has 1 aromatic rings. The van der Waals surface area contributed by atoms with Crippen molar-refractivity contribution in [2.45, 2.75) is 6.04 Å². The monoisotopic (exact) mass is 263 g/mol. The number of anilines is 1. The molecule has 0 aliphatic carbocycles. The van der Waals surface area contributed by atoms with E-state index in [4.69, 9.17) is 10.8 Å².